The van der Waals surface area contributed by atoms with Crippen LogP contribution in [0.1, 0.15) is 43.7 Å². The Balaban J connectivity index is 2.14. The fraction of sp³-hybridized carbons (Fsp3) is 0.533. The van der Waals surface area contributed by atoms with E-state index < -0.39 is 0 Å². The van der Waals surface area contributed by atoms with Gasteiger partial charge >= 0.3 is 0 Å². The fourth-order valence-electron chi connectivity index (χ4n) is 1.92. The molecule has 1 aliphatic rings. The Morgan fingerprint density at radius 1 is 1.44 bits per heavy atom. The number of ether oxygens (including phenoxy) is 1. The molecule has 0 amide bonds. The summed E-state index contributed by atoms with van der Waals surface area (Å²) in [4.78, 5) is 11.7. The SMILES string of the molecule is Cc1cc(OCC(=O)C2CC2)c(C(C)C)cc1Cl. The number of halogens is 1. The Labute approximate surface area is 113 Å². The first-order valence-corrected chi connectivity index (χ1v) is 6.82. The Morgan fingerprint density at radius 3 is 2.67 bits per heavy atom. The van der Waals surface area contributed by atoms with Crippen LogP contribution < -0.4 is 4.74 Å². The van der Waals surface area contributed by atoms with Crippen molar-refractivity contribution in [2.75, 3.05) is 6.61 Å². The van der Waals surface area contributed by atoms with Crippen molar-refractivity contribution in [3.8, 4) is 5.75 Å². The molecule has 0 N–H and O–H groups in total. The van der Waals surface area contributed by atoms with E-state index in [0.29, 0.717) is 5.92 Å². The molecular formula is C15H19ClO2. The highest BCUT2D eigenvalue weighted by Gasteiger charge is 2.29. The van der Waals surface area contributed by atoms with E-state index in [1.54, 1.807) is 0 Å². The number of Topliss-reactive ketones (excluding diaryl/α,β-unsaturated/α-hetero) is 1. The number of carbonyl (C=O) groups is 1. The van der Waals surface area contributed by atoms with E-state index in [9.17, 15) is 4.79 Å². The lowest BCUT2D eigenvalue weighted by atomic mass is 10.0. The maximum Gasteiger partial charge on any atom is 0.173 e. The van der Waals surface area contributed by atoms with Gasteiger partial charge < -0.3 is 4.74 Å². The van der Waals surface area contributed by atoms with Crippen LogP contribution in [-0.2, 0) is 4.79 Å². The summed E-state index contributed by atoms with van der Waals surface area (Å²) in [6.45, 7) is 6.32. The molecule has 0 spiro atoms. The molecule has 0 unspecified atom stereocenters. The van der Waals surface area contributed by atoms with Crippen LogP contribution >= 0.6 is 11.6 Å². The smallest absolute Gasteiger partial charge is 0.173 e. The van der Waals surface area contributed by atoms with Crippen molar-refractivity contribution in [2.24, 2.45) is 5.92 Å². The standard InChI is InChI=1S/C15H19ClO2/c1-9(2)12-7-13(16)10(3)6-15(12)18-8-14(17)11-4-5-11/h6-7,9,11H,4-5,8H2,1-3H3. The summed E-state index contributed by atoms with van der Waals surface area (Å²) in [5, 5.41) is 0.750. The van der Waals surface area contributed by atoms with Gasteiger partial charge in [-0.2, -0.15) is 0 Å². The monoisotopic (exact) mass is 266 g/mol. The van der Waals surface area contributed by atoms with Crippen molar-refractivity contribution < 1.29 is 9.53 Å². The average molecular weight is 267 g/mol. The summed E-state index contributed by atoms with van der Waals surface area (Å²) in [5.74, 6) is 1.59. The molecular weight excluding hydrogens is 248 g/mol. The first kappa shape index (κ1) is 13.4. The van der Waals surface area contributed by atoms with E-state index in [-0.39, 0.29) is 18.3 Å². The lowest BCUT2D eigenvalue weighted by Gasteiger charge is -2.15. The second kappa shape index (κ2) is 5.31. The Kier molecular flexibility index (Phi) is 3.96. The molecule has 1 aliphatic carbocycles. The normalized spacial score (nSPS) is 14.9. The van der Waals surface area contributed by atoms with Crippen LogP contribution in [0, 0.1) is 12.8 Å². The Morgan fingerprint density at radius 2 is 2.11 bits per heavy atom. The molecule has 0 aliphatic heterocycles. The van der Waals surface area contributed by atoms with Gasteiger partial charge in [-0.15, -0.1) is 0 Å². The molecule has 0 heterocycles. The van der Waals surface area contributed by atoms with E-state index in [4.69, 9.17) is 16.3 Å². The van der Waals surface area contributed by atoms with E-state index in [1.165, 1.54) is 0 Å². The highest BCUT2D eigenvalue weighted by molar-refractivity contribution is 6.31. The number of benzene rings is 1. The van der Waals surface area contributed by atoms with Crippen molar-refractivity contribution in [3.05, 3.63) is 28.3 Å². The van der Waals surface area contributed by atoms with Gasteiger partial charge in [0.05, 0.1) is 0 Å². The fourth-order valence-corrected chi connectivity index (χ4v) is 2.09. The molecule has 0 atom stereocenters. The van der Waals surface area contributed by atoms with E-state index in [2.05, 4.69) is 13.8 Å². The van der Waals surface area contributed by atoms with Crippen molar-refractivity contribution in [2.45, 2.75) is 39.5 Å². The summed E-state index contributed by atoms with van der Waals surface area (Å²) in [6.07, 6.45) is 2.05. The van der Waals surface area contributed by atoms with E-state index >= 15 is 0 Å². The molecule has 0 aromatic heterocycles. The largest absolute Gasteiger partial charge is 0.486 e. The zero-order valence-electron chi connectivity index (χ0n) is 11.1. The number of ketones is 1. The Hall–Kier alpha value is -1.02. The first-order valence-electron chi connectivity index (χ1n) is 6.44. The van der Waals surface area contributed by atoms with Crippen LogP contribution in [0.25, 0.3) is 0 Å². The summed E-state index contributed by atoms with van der Waals surface area (Å²) < 4.78 is 5.69. The van der Waals surface area contributed by atoms with Crippen molar-refractivity contribution >= 4 is 17.4 Å². The second-order valence-electron chi connectivity index (χ2n) is 5.32. The van der Waals surface area contributed by atoms with Crippen molar-refractivity contribution in [1.82, 2.24) is 0 Å². The van der Waals surface area contributed by atoms with Gasteiger partial charge in [-0.05, 0) is 48.9 Å². The van der Waals surface area contributed by atoms with Gasteiger partial charge in [0.25, 0.3) is 0 Å². The molecule has 0 bridgehead atoms. The zero-order chi connectivity index (χ0) is 13.3. The summed E-state index contributed by atoms with van der Waals surface area (Å²) in [6, 6.07) is 3.87. The first-order chi connectivity index (χ1) is 8.49. The van der Waals surface area contributed by atoms with Gasteiger partial charge in [-0.3, -0.25) is 4.79 Å². The summed E-state index contributed by atoms with van der Waals surface area (Å²) in [5.41, 5.74) is 2.05. The minimum absolute atomic E-state index is 0.186. The lowest BCUT2D eigenvalue weighted by molar-refractivity contribution is -0.122. The molecule has 18 heavy (non-hydrogen) atoms. The molecule has 98 valence electrons. The van der Waals surface area contributed by atoms with Gasteiger partial charge in [-0.1, -0.05) is 25.4 Å². The maximum atomic E-state index is 11.7. The number of hydrogen-bond acceptors (Lipinski definition) is 2. The van der Waals surface area contributed by atoms with Gasteiger partial charge in [0.15, 0.2) is 5.78 Å². The molecule has 1 saturated carbocycles. The highest BCUT2D eigenvalue weighted by Crippen LogP contribution is 2.33. The number of carbonyl (C=O) groups excluding carboxylic acids is 1. The van der Waals surface area contributed by atoms with Crippen molar-refractivity contribution in [3.63, 3.8) is 0 Å². The summed E-state index contributed by atoms with van der Waals surface area (Å²) >= 11 is 6.13. The molecule has 0 saturated heterocycles. The molecule has 0 radical (unpaired) electrons. The maximum absolute atomic E-state index is 11.7. The third-order valence-corrected chi connectivity index (χ3v) is 3.72. The molecule has 2 nitrogen and oxygen atoms in total. The van der Waals surface area contributed by atoms with Crippen LogP contribution in [0.4, 0.5) is 0 Å². The van der Waals surface area contributed by atoms with E-state index in [0.717, 1.165) is 34.7 Å². The van der Waals surface area contributed by atoms with Crippen LogP contribution in [0.5, 0.6) is 5.75 Å². The van der Waals surface area contributed by atoms with Gasteiger partial charge in [0.2, 0.25) is 0 Å². The second-order valence-corrected chi connectivity index (χ2v) is 5.73. The van der Waals surface area contributed by atoms with Crippen LogP contribution in [0.2, 0.25) is 5.02 Å². The van der Waals surface area contributed by atoms with Gasteiger partial charge in [-0.25, -0.2) is 0 Å². The molecule has 1 fully saturated rings. The minimum Gasteiger partial charge on any atom is -0.486 e. The highest BCUT2D eigenvalue weighted by atomic mass is 35.5. The van der Waals surface area contributed by atoms with Gasteiger partial charge in [0, 0.05) is 10.9 Å². The third-order valence-electron chi connectivity index (χ3n) is 3.32. The predicted molar refractivity (Wildman–Crippen MR) is 73.5 cm³/mol. The topological polar surface area (TPSA) is 26.3 Å². The third kappa shape index (κ3) is 3.05. The zero-order valence-corrected chi connectivity index (χ0v) is 11.9. The average Bonchev–Trinajstić information content (AvgIpc) is 3.13. The van der Waals surface area contributed by atoms with E-state index in [1.807, 2.05) is 19.1 Å². The summed E-state index contributed by atoms with van der Waals surface area (Å²) in [7, 11) is 0. The van der Waals surface area contributed by atoms with Crippen LogP contribution in [-0.4, -0.2) is 12.4 Å². The van der Waals surface area contributed by atoms with Crippen LogP contribution in [0.15, 0.2) is 12.1 Å². The van der Waals surface area contributed by atoms with Crippen LogP contribution in [0.3, 0.4) is 0 Å². The molecule has 3 heteroatoms. The number of rotatable bonds is 5. The molecule has 1 aromatic carbocycles. The lowest BCUT2D eigenvalue weighted by Crippen LogP contribution is -2.14. The quantitative estimate of drug-likeness (QED) is 0.801. The predicted octanol–water partition coefficient (Wildman–Crippen LogP) is 4.13. The molecule has 2 rings (SSSR count). The number of hydrogen-bond donors (Lipinski definition) is 0. The van der Waals surface area contributed by atoms with Gasteiger partial charge in [0.1, 0.15) is 12.4 Å². The van der Waals surface area contributed by atoms with Crippen molar-refractivity contribution in [1.29, 1.82) is 0 Å². The molecule has 1 aromatic rings. The Bertz CT molecular complexity index is 462. The minimum atomic E-state index is 0.186. The number of aryl methyl sites for hydroxylation is 1.